The van der Waals surface area contributed by atoms with E-state index in [4.69, 9.17) is 9.05 Å². The van der Waals surface area contributed by atoms with E-state index in [-0.39, 0.29) is 12.8 Å². The van der Waals surface area contributed by atoms with E-state index in [0.29, 0.717) is 19.6 Å². The molecule has 0 N–H and O–H groups in total. The molecule has 0 saturated carbocycles. The average molecular weight is 195 g/mol. The molecule has 0 bridgehead atoms. The van der Waals surface area contributed by atoms with Gasteiger partial charge in [-0.05, 0) is 20.3 Å². The van der Waals surface area contributed by atoms with Crippen LogP contribution in [0.5, 0.6) is 0 Å². The predicted molar refractivity (Wildman–Crippen MR) is 45.9 cm³/mol. The van der Waals surface area contributed by atoms with Crippen molar-refractivity contribution in [3.63, 3.8) is 0 Å². The lowest BCUT2D eigenvalue weighted by molar-refractivity contribution is 0.184. The monoisotopic (exact) mass is 195 g/mol. The largest absolute Gasteiger partial charge is 0.330 e. The van der Waals surface area contributed by atoms with Gasteiger partial charge in [-0.25, -0.2) is 5.11 Å². The molecule has 0 aromatic rings. The van der Waals surface area contributed by atoms with Crippen molar-refractivity contribution in [3.8, 4) is 0 Å². The highest BCUT2D eigenvalue weighted by atomic mass is 31.2. The third-order valence-corrected chi connectivity index (χ3v) is 3.40. The summed E-state index contributed by atoms with van der Waals surface area (Å²) in [6.45, 7) is 3.99. The Labute approximate surface area is 73.4 Å². The van der Waals surface area contributed by atoms with Gasteiger partial charge in [0.1, 0.15) is 0 Å². The van der Waals surface area contributed by atoms with Crippen LogP contribution < -0.4 is 0 Å². The summed E-state index contributed by atoms with van der Waals surface area (Å²) in [5.41, 5.74) is 0. The van der Waals surface area contributed by atoms with E-state index in [2.05, 4.69) is 0 Å². The van der Waals surface area contributed by atoms with Crippen LogP contribution in [-0.2, 0) is 18.7 Å². The highest BCUT2D eigenvalue weighted by Crippen LogP contribution is 2.48. The first-order valence-electron chi connectivity index (χ1n) is 4.14. The molecule has 0 aliphatic carbocycles. The van der Waals surface area contributed by atoms with Crippen molar-refractivity contribution in [2.45, 2.75) is 20.3 Å². The van der Waals surface area contributed by atoms with Crippen molar-refractivity contribution < 1.29 is 18.7 Å². The lowest BCUT2D eigenvalue weighted by Gasteiger charge is -2.15. The summed E-state index contributed by atoms with van der Waals surface area (Å²) in [7, 11) is -2.94. The van der Waals surface area contributed by atoms with Crippen LogP contribution in [0.25, 0.3) is 0 Å². The first-order chi connectivity index (χ1) is 5.68. The summed E-state index contributed by atoms with van der Waals surface area (Å²) in [5.74, 6) is 0. The maximum Gasteiger partial charge on any atom is 0.330 e. The molecule has 0 aromatic carbocycles. The fraction of sp³-hybridized carbons (Fsp3) is 1.00. The molecule has 0 saturated heterocycles. The Morgan fingerprint density at radius 2 is 1.67 bits per heavy atom. The fourth-order valence-electron chi connectivity index (χ4n) is 0.818. The predicted octanol–water partition coefficient (Wildman–Crippen LogP) is 2.07. The minimum absolute atomic E-state index is 0.232. The van der Waals surface area contributed by atoms with Crippen molar-refractivity contribution in [3.05, 3.63) is 0 Å². The van der Waals surface area contributed by atoms with E-state index in [1.807, 2.05) is 0 Å². The second-order valence-corrected chi connectivity index (χ2v) is 4.41. The van der Waals surface area contributed by atoms with Crippen LogP contribution in [0, 0.1) is 0 Å². The topological polar surface area (TPSA) is 55.4 Å². The van der Waals surface area contributed by atoms with Gasteiger partial charge < -0.3 is 9.05 Å². The standard InChI is InChI=1S/C7H16O4P/c1-3-10-12(9,11-4-2)7-5-6-8/h3-7H2,1-2H3. The molecule has 0 atom stereocenters. The van der Waals surface area contributed by atoms with E-state index < -0.39 is 7.60 Å². The molecule has 5 heteroatoms. The number of rotatable bonds is 7. The summed E-state index contributed by atoms with van der Waals surface area (Å²) in [4.78, 5) is 0. The van der Waals surface area contributed by atoms with Gasteiger partial charge in [-0.3, -0.25) is 4.57 Å². The van der Waals surface area contributed by atoms with Gasteiger partial charge in [0.15, 0.2) is 0 Å². The lowest BCUT2D eigenvalue weighted by atomic mass is 10.5. The Hall–Kier alpha value is 0.110. The van der Waals surface area contributed by atoms with Crippen LogP contribution in [0.4, 0.5) is 0 Å². The highest BCUT2D eigenvalue weighted by molar-refractivity contribution is 7.53. The van der Waals surface area contributed by atoms with Gasteiger partial charge in [0.05, 0.1) is 26.0 Å². The first-order valence-corrected chi connectivity index (χ1v) is 5.87. The normalized spacial score (nSPS) is 11.9. The molecule has 0 heterocycles. The zero-order chi connectivity index (χ0) is 9.45. The summed E-state index contributed by atoms with van der Waals surface area (Å²) in [5, 5.41) is 10.2. The molecular weight excluding hydrogens is 179 g/mol. The maximum absolute atomic E-state index is 11.6. The third kappa shape index (κ3) is 4.88. The number of hydrogen-bond donors (Lipinski definition) is 0. The maximum atomic E-state index is 11.6. The Morgan fingerprint density at radius 1 is 1.17 bits per heavy atom. The molecule has 0 spiro atoms. The van der Waals surface area contributed by atoms with E-state index in [0.717, 1.165) is 0 Å². The SMILES string of the molecule is CCOP(=O)(CCC[O])OCC. The van der Waals surface area contributed by atoms with Gasteiger partial charge in [-0.15, -0.1) is 0 Å². The van der Waals surface area contributed by atoms with Crippen molar-refractivity contribution in [1.82, 2.24) is 0 Å². The molecule has 0 amide bonds. The smallest absolute Gasteiger partial charge is 0.309 e. The molecule has 0 rings (SSSR count). The summed E-state index contributed by atoms with van der Waals surface area (Å²) in [6.07, 6.45) is 0.579. The zero-order valence-corrected chi connectivity index (χ0v) is 8.51. The zero-order valence-electron chi connectivity index (χ0n) is 7.62. The first kappa shape index (κ1) is 12.1. The minimum Gasteiger partial charge on any atom is -0.309 e. The van der Waals surface area contributed by atoms with Crippen molar-refractivity contribution in [2.75, 3.05) is 26.0 Å². The van der Waals surface area contributed by atoms with Gasteiger partial charge in [0.2, 0.25) is 0 Å². The van der Waals surface area contributed by atoms with E-state index >= 15 is 0 Å². The summed E-state index contributed by atoms with van der Waals surface area (Å²) < 4.78 is 21.5. The molecule has 12 heavy (non-hydrogen) atoms. The van der Waals surface area contributed by atoms with Crippen LogP contribution in [0.2, 0.25) is 0 Å². The molecule has 1 radical (unpaired) electrons. The third-order valence-electron chi connectivity index (χ3n) is 1.23. The van der Waals surface area contributed by atoms with Gasteiger partial charge >= 0.3 is 7.60 Å². The van der Waals surface area contributed by atoms with Crippen molar-refractivity contribution in [1.29, 1.82) is 0 Å². The quantitative estimate of drug-likeness (QED) is 0.584. The Balaban J connectivity index is 3.90. The summed E-state index contributed by atoms with van der Waals surface area (Å²) >= 11 is 0. The molecule has 0 unspecified atom stereocenters. The average Bonchev–Trinajstić information content (AvgIpc) is 2.02. The Bertz CT molecular complexity index is 138. The van der Waals surface area contributed by atoms with Crippen LogP contribution in [0.3, 0.4) is 0 Å². The van der Waals surface area contributed by atoms with Gasteiger partial charge in [0.25, 0.3) is 0 Å². The molecular formula is C7H16O4P. The van der Waals surface area contributed by atoms with E-state index in [9.17, 15) is 9.67 Å². The van der Waals surface area contributed by atoms with Gasteiger partial charge in [-0.2, -0.15) is 0 Å². The van der Waals surface area contributed by atoms with Crippen LogP contribution in [-0.4, -0.2) is 26.0 Å². The minimum atomic E-state index is -2.94. The number of hydrogen-bond acceptors (Lipinski definition) is 3. The van der Waals surface area contributed by atoms with Gasteiger partial charge in [-0.1, -0.05) is 0 Å². The van der Waals surface area contributed by atoms with E-state index in [1.165, 1.54) is 0 Å². The van der Waals surface area contributed by atoms with Crippen molar-refractivity contribution >= 4 is 7.60 Å². The van der Waals surface area contributed by atoms with Crippen LogP contribution in [0.1, 0.15) is 20.3 Å². The molecule has 0 aromatic heterocycles. The fourth-order valence-corrected chi connectivity index (χ4v) is 2.45. The second-order valence-electron chi connectivity index (χ2n) is 2.23. The van der Waals surface area contributed by atoms with Gasteiger partial charge in [0, 0.05) is 0 Å². The lowest BCUT2D eigenvalue weighted by Crippen LogP contribution is -2.01. The van der Waals surface area contributed by atoms with Crippen LogP contribution >= 0.6 is 7.60 Å². The molecule has 4 nitrogen and oxygen atoms in total. The Morgan fingerprint density at radius 3 is 2.00 bits per heavy atom. The molecule has 0 aliphatic rings. The second kappa shape index (κ2) is 6.61. The summed E-state index contributed by atoms with van der Waals surface area (Å²) in [6, 6.07) is 0. The van der Waals surface area contributed by atoms with E-state index in [1.54, 1.807) is 13.8 Å². The van der Waals surface area contributed by atoms with Crippen LogP contribution in [0.15, 0.2) is 0 Å². The van der Waals surface area contributed by atoms with Crippen molar-refractivity contribution in [2.24, 2.45) is 0 Å². The molecule has 0 aliphatic heterocycles. The highest BCUT2D eigenvalue weighted by Gasteiger charge is 2.22. The molecule has 73 valence electrons. The molecule has 0 fully saturated rings. The Kier molecular flexibility index (Phi) is 6.67.